The van der Waals surface area contributed by atoms with Gasteiger partial charge >= 0.3 is 0 Å². The highest BCUT2D eigenvalue weighted by Crippen LogP contribution is 2.30. The second-order valence-electron chi connectivity index (χ2n) is 6.48. The van der Waals surface area contributed by atoms with E-state index in [0.29, 0.717) is 0 Å². The van der Waals surface area contributed by atoms with Crippen LogP contribution in [0.3, 0.4) is 0 Å². The Morgan fingerprint density at radius 1 is 0.759 bits per heavy atom. The minimum Gasteiger partial charge on any atom is -0.207 e. The van der Waals surface area contributed by atoms with E-state index in [9.17, 15) is 16.8 Å². The van der Waals surface area contributed by atoms with Gasteiger partial charge in [0.25, 0.3) is 0 Å². The van der Waals surface area contributed by atoms with Gasteiger partial charge in [0.2, 0.25) is 20.0 Å². The highest BCUT2D eigenvalue weighted by molar-refractivity contribution is 7.89. The molecule has 0 bridgehead atoms. The summed E-state index contributed by atoms with van der Waals surface area (Å²) in [5, 5.41) is 0.746. The Hall–Kier alpha value is -0.580. The van der Waals surface area contributed by atoms with E-state index >= 15 is 0 Å². The molecule has 0 aliphatic carbocycles. The van der Waals surface area contributed by atoms with Crippen molar-refractivity contribution in [2.24, 2.45) is 0 Å². The van der Waals surface area contributed by atoms with Crippen LogP contribution >= 0.6 is 46.4 Å². The standard InChI is InChI=1S/C17H16Cl4N2O4S2/c1-11-10-22(28(24,25)12-2-4-14(18)16(20)8-12)6-7-23(11)29(26,27)13-3-5-15(19)17(21)9-13/h2-5,8-9,11H,6-7,10H2,1H3/t11-/m0/s1. The molecule has 158 valence electrons. The summed E-state index contributed by atoms with van der Waals surface area (Å²) in [6.07, 6.45) is 0. The highest BCUT2D eigenvalue weighted by Gasteiger charge is 2.38. The lowest BCUT2D eigenvalue weighted by Crippen LogP contribution is -2.55. The van der Waals surface area contributed by atoms with Gasteiger partial charge in [-0.15, -0.1) is 0 Å². The van der Waals surface area contributed by atoms with Crippen LogP contribution < -0.4 is 0 Å². The van der Waals surface area contributed by atoms with Crippen LogP contribution in [0.5, 0.6) is 0 Å². The number of halogens is 4. The maximum Gasteiger partial charge on any atom is 0.243 e. The second kappa shape index (κ2) is 8.51. The van der Waals surface area contributed by atoms with Crippen LogP contribution in [0.15, 0.2) is 46.2 Å². The molecular weight excluding hydrogens is 502 g/mol. The van der Waals surface area contributed by atoms with Crippen molar-refractivity contribution in [3.05, 3.63) is 56.5 Å². The van der Waals surface area contributed by atoms with Crippen molar-refractivity contribution in [3.63, 3.8) is 0 Å². The van der Waals surface area contributed by atoms with Gasteiger partial charge in [-0.1, -0.05) is 46.4 Å². The van der Waals surface area contributed by atoms with Crippen LogP contribution in [0.1, 0.15) is 6.92 Å². The fourth-order valence-corrected chi connectivity index (χ4v) is 6.95. The molecule has 1 saturated heterocycles. The predicted octanol–water partition coefficient (Wildman–Crippen LogP) is 4.38. The molecule has 0 aromatic heterocycles. The monoisotopic (exact) mass is 516 g/mol. The maximum atomic E-state index is 13.0. The summed E-state index contributed by atoms with van der Waals surface area (Å²) in [4.78, 5) is -0.000527. The number of rotatable bonds is 4. The molecule has 6 nitrogen and oxygen atoms in total. The Balaban J connectivity index is 1.84. The molecule has 12 heteroatoms. The molecule has 1 aliphatic heterocycles. The third-order valence-corrected chi connectivity index (χ3v) is 9.90. The molecule has 2 aromatic rings. The van der Waals surface area contributed by atoms with E-state index in [-0.39, 0.29) is 49.5 Å². The molecule has 1 fully saturated rings. The van der Waals surface area contributed by atoms with Gasteiger partial charge in [-0.05, 0) is 43.3 Å². The lowest BCUT2D eigenvalue weighted by atomic mass is 10.3. The first-order chi connectivity index (χ1) is 13.4. The first-order valence-electron chi connectivity index (χ1n) is 8.36. The third-order valence-electron chi connectivity index (χ3n) is 4.56. The molecule has 1 aliphatic rings. The topological polar surface area (TPSA) is 74.8 Å². The molecule has 29 heavy (non-hydrogen) atoms. The van der Waals surface area contributed by atoms with Gasteiger partial charge in [0.15, 0.2) is 0 Å². The normalized spacial score (nSPS) is 19.4. The Morgan fingerprint density at radius 2 is 1.24 bits per heavy atom. The fourth-order valence-electron chi connectivity index (χ4n) is 3.04. The van der Waals surface area contributed by atoms with Gasteiger partial charge in [-0.2, -0.15) is 8.61 Å². The summed E-state index contributed by atoms with van der Waals surface area (Å²) in [5.41, 5.74) is 0. The lowest BCUT2D eigenvalue weighted by Gasteiger charge is -2.38. The second-order valence-corrected chi connectivity index (χ2v) is 11.9. The average Bonchev–Trinajstić information content (AvgIpc) is 2.65. The molecular formula is C17H16Cl4N2O4S2. The fraction of sp³-hybridized carbons (Fsp3) is 0.294. The third kappa shape index (κ3) is 4.55. The number of benzene rings is 2. The lowest BCUT2D eigenvalue weighted by molar-refractivity contribution is 0.212. The highest BCUT2D eigenvalue weighted by atomic mass is 35.5. The van der Waals surface area contributed by atoms with E-state index in [1.165, 1.54) is 45.0 Å². The van der Waals surface area contributed by atoms with E-state index < -0.39 is 26.1 Å². The number of sulfonamides is 2. The maximum absolute atomic E-state index is 13.0. The first kappa shape index (κ1) is 23.1. The molecule has 2 aromatic carbocycles. The Morgan fingerprint density at radius 3 is 1.69 bits per heavy atom. The summed E-state index contributed by atoms with van der Waals surface area (Å²) in [6.45, 7) is 1.62. The minimum atomic E-state index is -3.87. The smallest absolute Gasteiger partial charge is 0.207 e. The minimum absolute atomic E-state index is 0.000102. The summed E-state index contributed by atoms with van der Waals surface area (Å²) >= 11 is 23.6. The van der Waals surface area contributed by atoms with Crippen molar-refractivity contribution in [1.29, 1.82) is 0 Å². The molecule has 3 rings (SSSR count). The molecule has 0 radical (unpaired) electrons. The predicted molar refractivity (Wildman–Crippen MR) is 115 cm³/mol. The molecule has 0 saturated carbocycles. The zero-order chi connectivity index (χ0) is 21.6. The number of hydrogen-bond acceptors (Lipinski definition) is 4. The van der Waals surface area contributed by atoms with Crippen LogP contribution in [0.2, 0.25) is 20.1 Å². The van der Waals surface area contributed by atoms with Gasteiger partial charge in [-0.25, -0.2) is 16.8 Å². The van der Waals surface area contributed by atoms with Crippen molar-refractivity contribution < 1.29 is 16.8 Å². The van der Waals surface area contributed by atoms with Gasteiger partial charge in [0.05, 0.1) is 29.9 Å². The molecule has 1 heterocycles. The van der Waals surface area contributed by atoms with Gasteiger partial charge in [-0.3, -0.25) is 0 Å². The van der Waals surface area contributed by atoms with E-state index in [2.05, 4.69) is 0 Å². The van der Waals surface area contributed by atoms with Gasteiger partial charge < -0.3 is 0 Å². The van der Waals surface area contributed by atoms with Crippen molar-refractivity contribution in [2.75, 3.05) is 19.6 Å². The molecule has 1 atom stereocenters. The number of nitrogens with zero attached hydrogens (tertiary/aromatic N) is 2. The van der Waals surface area contributed by atoms with Crippen LogP contribution in [0.25, 0.3) is 0 Å². The van der Waals surface area contributed by atoms with Crippen LogP contribution in [0, 0.1) is 0 Å². The Bertz CT molecular complexity index is 1160. The SMILES string of the molecule is C[C@H]1CN(S(=O)(=O)c2ccc(Cl)c(Cl)c2)CCN1S(=O)(=O)c1ccc(Cl)c(Cl)c1. The van der Waals surface area contributed by atoms with Gasteiger partial charge in [0.1, 0.15) is 0 Å². The van der Waals surface area contributed by atoms with Crippen molar-refractivity contribution in [3.8, 4) is 0 Å². The Kier molecular flexibility index (Phi) is 6.78. The van der Waals surface area contributed by atoms with Gasteiger partial charge in [0, 0.05) is 25.7 Å². The van der Waals surface area contributed by atoms with Crippen molar-refractivity contribution >= 4 is 66.5 Å². The average molecular weight is 518 g/mol. The van der Waals surface area contributed by atoms with E-state index in [4.69, 9.17) is 46.4 Å². The summed E-state index contributed by atoms with van der Waals surface area (Å²) in [6, 6.07) is 7.52. The molecule has 0 unspecified atom stereocenters. The number of piperazine rings is 1. The van der Waals surface area contributed by atoms with E-state index in [1.807, 2.05) is 0 Å². The zero-order valence-corrected chi connectivity index (χ0v) is 19.7. The zero-order valence-electron chi connectivity index (χ0n) is 15.0. The Labute approximate surface area is 190 Å². The van der Waals surface area contributed by atoms with Crippen molar-refractivity contribution in [2.45, 2.75) is 22.8 Å². The summed E-state index contributed by atoms with van der Waals surface area (Å²) in [7, 11) is -7.72. The molecule has 0 N–H and O–H groups in total. The molecule has 0 spiro atoms. The van der Waals surface area contributed by atoms with Crippen LogP contribution in [-0.2, 0) is 20.0 Å². The van der Waals surface area contributed by atoms with E-state index in [1.54, 1.807) is 6.92 Å². The van der Waals surface area contributed by atoms with Crippen LogP contribution in [-0.4, -0.2) is 51.1 Å². The van der Waals surface area contributed by atoms with Crippen molar-refractivity contribution in [1.82, 2.24) is 8.61 Å². The summed E-state index contributed by atoms with van der Waals surface area (Å²) in [5.74, 6) is 0. The largest absolute Gasteiger partial charge is 0.243 e. The summed E-state index contributed by atoms with van der Waals surface area (Å²) < 4.78 is 54.3. The van der Waals surface area contributed by atoms with E-state index in [0.717, 1.165) is 0 Å². The van der Waals surface area contributed by atoms with Crippen LogP contribution in [0.4, 0.5) is 0 Å². The first-order valence-corrected chi connectivity index (χ1v) is 12.8. The number of hydrogen-bond donors (Lipinski definition) is 0. The molecule has 0 amide bonds. The quantitative estimate of drug-likeness (QED) is 0.603.